The van der Waals surface area contributed by atoms with Crippen LogP contribution in [0.3, 0.4) is 0 Å². The van der Waals surface area contributed by atoms with E-state index in [1.54, 1.807) is 13.8 Å². The first-order chi connectivity index (χ1) is 5.37. The first-order valence-electron chi connectivity index (χ1n) is 4.12. The Kier molecular flexibility index (Phi) is 2.47. The van der Waals surface area contributed by atoms with Crippen LogP contribution in [0.15, 0.2) is 0 Å². The number of nitrogens with two attached hydrogens (primary N) is 1. The van der Waals surface area contributed by atoms with Crippen molar-refractivity contribution in [2.24, 2.45) is 5.73 Å². The Labute approximate surface area is 73.6 Å². The van der Waals surface area contributed by atoms with E-state index >= 15 is 0 Å². The van der Waals surface area contributed by atoms with Gasteiger partial charge in [0.05, 0.1) is 4.75 Å². The molecule has 1 rings (SSSR count). The Bertz CT molecular complexity index is 255. The fraction of sp³-hybridized carbons (Fsp3) is 1.00. The molecule has 12 heavy (non-hydrogen) atoms. The molecule has 0 bridgehead atoms. The SMILES string of the molecule is C[C@H](N)CNS(=O)(=O)C1(C)CC1. The van der Waals surface area contributed by atoms with Gasteiger partial charge >= 0.3 is 0 Å². The molecular weight excluding hydrogens is 176 g/mol. The van der Waals surface area contributed by atoms with Gasteiger partial charge in [-0.3, -0.25) is 0 Å². The van der Waals surface area contributed by atoms with Gasteiger partial charge in [0, 0.05) is 12.6 Å². The minimum atomic E-state index is -3.11. The summed E-state index contributed by atoms with van der Waals surface area (Å²) in [7, 11) is -3.11. The molecule has 1 aliphatic carbocycles. The molecule has 0 saturated heterocycles. The van der Waals surface area contributed by atoms with Gasteiger partial charge < -0.3 is 5.73 Å². The van der Waals surface area contributed by atoms with E-state index < -0.39 is 14.8 Å². The summed E-state index contributed by atoms with van der Waals surface area (Å²) < 4.78 is 24.9. The number of hydrogen-bond donors (Lipinski definition) is 2. The molecule has 0 amide bonds. The molecular formula is C7H16N2O2S. The predicted molar refractivity (Wildman–Crippen MR) is 48.2 cm³/mol. The lowest BCUT2D eigenvalue weighted by molar-refractivity contribution is 0.559. The summed E-state index contributed by atoms with van der Waals surface area (Å²) in [5.41, 5.74) is 5.44. The third kappa shape index (κ3) is 1.97. The molecule has 0 unspecified atom stereocenters. The number of rotatable bonds is 4. The van der Waals surface area contributed by atoms with Gasteiger partial charge in [-0.15, -0.1) is 0 Å². The minimum absolute atomic E-state index is 0.123. The van der Waals surface area contributed by atoms with Gasteiger partial charge in [0.25, 0.3) is 0 Å². The molecule has 0 heterocycles. The lowest BCUT2D eigenvalue weighted by atomic mass is 10.4. The minimum Gasteiger partial charge on any atom is -0.327 e. The van der Waals surface area contributed by atoms with Gasteiger partial charge in [-0.05, 0) is 26.7 Å². The molecule has 5 heteroatoms. The predicted octanol–water partition coefficient (Wildman–Crippen LogP) is -0.194. The van der Waals surface area contributed by atoms with E-state index in [9.17, 15) is 8.42 Å². The summed E-state index contributed by atoms with van der Waals surface area (Å²) in [4.78, 5) is 0. The van der Waals surface area contributed by atoms with Gasteiger partial charge in [-0.2, -0.15) is 0 Å². The summed E-state index contributed by atoms with van der Waals surface area (Å²) in [6.07, 6.45) is 1.53. The quantitative estimate of drug-likeness (QED) is 0.648. The van der Waals surface area contributed by atoms with Crippen LogP contribution in [0.1, 0.15) is 26.7 Å². The average Bonchev–Trinajstić information content (AvgIpc) is 2.65. The van der Waals surface area contributed by atoms with Crippen LogP contribution in [0.4, 0.5) is 0 Å². The monoisotopic (exact) mass is 192 g/mol. The highest BCUT2D eigenvalue weighted by Crippen LogP contribution is 2.41. The van der Waals surface area contributed by atoms with Gasteiger partial charge in [-0.25, -0.2) is 13.1 Å². The second-order valence-corrected chi connectivity index (χ2v) is 6.06. The summed E-state index contributed by atoms with van der Waals surface area (Å²) in [6.45, 7) is 3.87. The highest BCUT2D eigenvalue weighted by atomic mass is 32.2. The first kappa shape index (κ1) is 9.95. The summed E-state index contributed by atoms with van der Waals surface area (Å²) in [5, 5.41) is 0. The fourth-order valence-corrected chi connectivity index (χ4v) is 2.33. The molecule has 4 nitrogen and oxygen atoms in total. The molecule has 1 saturated carbocycles. The molecule has 0 aliphatic heterocycles. The second-order valence-electron chi connectivity index (χ2n) is 3.78. The fourth-order valence-electron chi connectivity index (χ4n) is 0.860. The Morgan fingerprint density at radius 2 is 2.08 bits per heavy atom. The standard InChI is InChI=1S/C7H16N2O2S/c1-6(8)5-9-12(10,11)7(2)3-4-7/h6,9H,3-5,8H2,1-2H3/t6-/m0/s1. The Balaban J connectivity index is 2.51. The summed E-state index contributed by atoms with van der Waals surface area (Å²) in [5.74, 6) is 0. The molecule has 0 aromatic heterocycles. The van der Waals surface area contributed by atoms with Gasteiger partial charge in [0.2, 0.25) is 10.0 Å². The van der Waals surface area contributed by atoms with Crippen LogP contribution in [0.25, 0.3) is 0 Å². The Morgan fingerprint density at radius 1 is 1.58 bits per heavy atom. The third-order valence-corrected chi connectivity index (χ3v) is 4.45. The molecule has 72 valence electrons. The Morgan fingerprint density at radius 3 is 2.42 bits per heavy atom. The highest BCUT2D eigenvalue weighted by Gasteiger charge is 2.49. The van der Waals surface area contributed by atoms with E-state index in [0.29, 0.717) is 6.54 Å². The van der Waals surface area contributed by atoms with Crippen LogP contribution in [0.5, 0.6) is 0 Å². The zero-order chi connectivity index (χ0) is 9.41. The van der Waals surface area contributed by atoms with Crippen molar-refractivity contribution >= 4 is 10.0 Å². The molecule has 1 aliphatic rings. The number of sulfonamides is 1. The molecule has 0 aromatic carbocycles. The molecule has 1 atom stereocenters. The van der Waals surface area contributed by atoms with E-state index in [2.05, 4.69) is 4.72 Å². The van der Waals surface area contributed by atoms with Crippen molar-refractivity contribution in [3.05, 3.63) is 0 Å². The van der Waals surface area contributed by atoms with Crippen LogP contribution in [-0.2, 0) is 10.0 Å². The van der Waals surface area contributed by atoms with Crippen LogP contribution in [0, 0.1) is 0 Å². The van der Waals surface area contributed by atoms with E-state index in [-0.39, 0.29) is 6.04 Å². The van der Waals surface area contributed by atoms with E-state index in [0.717, 1.165) is 12.8 Å². The van der Waals surface area contributed by atoms with Crippen LogP contribution in [-0.4, -0.2) is 25.8 Å². The van der Waals surface area contributed by atoms with Crippen molar-refractivity contribution < 1.29 is 8.42 Å². The number of nitrogens with one attached hydrogen (secondary N) is 1. The molecule has 0 spiro atoms. The third-order valence-electron chi connectivity index (χ3n) is 2.20. The first-order valence-corrected chi connectivity index (χ1v) is 5.60. The maximum absolute atomic E-state index is 11.5. The van der Waals surface area contributed by atoms with Crippen LogP contribution in [0.2, 0.25) is 0 Å². The second kappa shape index (κ2) is 2.97. The Hall–Kier alpha value is -0.130. The zero-order valence-electron chi connectivity index (χ0n) is 7.50. The van der Waals surface area contributed by atoms with E-state index in [1.807, 2.05) is 0 Å². The van der Waals surface area contributed by atoms with Gasteiger partial charge in [0.1, 0.15) is 0 Å². The highest BCUT2D eigenvalue weighted by molar-refractivity contribution is 7.91. The van der Waals surface area contributed by atoms with Crippen LogP contribution >= 0.6 is 0 Å². The molecule has 0 aromatic rings. The molecule has 1 fully saturated rings. The van der Waals surface area contributed by atoms with E-state index in [1.165, 1.54) is 0 Å². The maximum Gasteiger partial charge on any atom is 0.217 e. The van der Waals surface area contributed by atoms with Crippen molar-refractivity contribution in [1.82, 2.24) is 4.72 Å². The normalized spacial score (nSPS) is 23.6. The van der Waals surface area contributed by atoms with Crippen LogP contribution < -0.4 is 10.5 Å². The van der Waals surface area contributed by atoms with Crippen molar-refractivity contribution in [3.63, 3.8) is 0 Å². The van der Waals surface area contributed by atoms with Gasteiger partial charge in [-0.1, -0.05) is 0 Å². The smallest absolute Gasteiger partial charge is 0.217 e. The summed E-state index contributed by atoms with van der Waals surface area (Å²) in [6, 6.07) is -0.123. The van der Waals surface area contributed by atoms with Crippen molar-refractivity contribution in [1.29, 1.82) is 0 Å². The van der Waals surface area contributed by atoms with Gasteiger partial charge in [0.15, 0.2) is 0 Å². The van der Waals surface area contributed by atoms with Crippen molar-refractivity contribution in [2.45, 2.75) is 37.5 Å². The number of hydrogen-bond acceptors (Lipinski definition) is 3. The maximum atomic E-state index is 11.5. The average molecular weight is 192 g/mol. The van der Waals surface area contributed by atoms with Crippen molar-refractivity contribution in [2.75, 3.05) is 6.54 Å². The lowest BCUT2D eigenvalue weighted by Gasteiger charge is -2.13. The molecule has 0 radical (unpaired) electrons. The zero-order valence-corrected chi connectivity index (χ0v) is 8.32. The topological polar surface area (TPSA) is 72.2 Å². The van der Waals surface area contributed by atoms with E-state index in [4.69, 9.17) is 5.73 Å². The summed E-state index contributed by atoms with van der Waals surface area (Å²) >= 11 is 0. The lowest BCUT2D eigenvalue weighted by Crippen LogP contribution is -2.40. The largest absolute Gasteiger partial charge is 0.327 e. The van der Waals surface area contributed by atoms with Crippen molar-refractivity contribution in [3.8, 4) is 0 Å². The molecule has 3 N–H and O–H groups in total.